The van der Waals surface area contributed by atoms with E-state index in [0.29, 0.717) is 5.92 Å². The summed E-state index contributed by atoms with van der Waals surface area (Å²) < 4.78 is 0. The minimum Gasteiger partial charge on any atom is -0.357 e. The van der Waals surface area contributed by atoms with Crippen LogP contribution in [0.25, 0.3) is 0 Å². The number of hydrogen-bond donors (Lipinski definition) is 1. The lowest BCUT2D eigenvalue weighted by Gasteiger charge is -2.35. The SMILES string of the molecule is CCNC(=NCC(C)CN1CCN(CC)CC1)N(C)Cc1ccccc1C. The summed E-state index contributed by atoms with van der Waals surface area (Å²) in [6.07, 6.45) is 0. The maximum Gasteiger partial charge on any atom is 0.193 e. The molecule has 0 radical (unpaired) electrons. The Kier molecular flexibility index (Phi) is 9.08. The van der Waals surface area contributed by atoms with Crippen molar-refractivity contribution in [2.45, 2.75) is 34.2 Å². The molecular weight excluding hydrogens is 334 g/mol. The maximum atomic E-state index is 4.93. The Bertz CT molecular complexity index is 578. The minimum atomic E-state index is 0.568. The number of likely N-dealkylation sites (N-methyl/N-ethyl adjacent to an activating group) is 1. The summed E-state index contributed by atoms with van der Waals surface area (Å²) in [7, 11) is 2.13. The van der Waals surface area contributed by atoms with Crippen LogP contribution in [0.15, 0.2) is 29.3 Å². The molecular formula is C22H39N5. The third-order valence-corrected chi connectivity index (χ3v) is 5.40. The Labute approximate surface area is 166 Å². The van der Waals surface area contributed by atoms with Gasteiger partial charge in [0.25, 0.3) is 0 Å². The summed E-state index contributed by atoms with van der Waals surface area (Å²) in [6, 6.07) is 8.59. The molecule has 0 spiro atoms. The van der Waals surface area contributed by atoms with Crippen molar-refractivity contribution in [2.24, 2.45) is 10.9 Å². The van der Waals surface area contributed by atoms with Crippen LogP contribution in [0.4, 0.5) is 0 Å². The number of nitrogens with one attached hydrogen (secondary N) is 1. The van der Waals surface area contributed by atoms with Gasteiger partial charge in [0.1, 0.15) is 0 Å². The van der Waals surface area contributed by atoms with E-state index in [-0.39, 0.29) is 0 Å². The fourth-order valence-electron chi connectivity index (χ4n) is 3.62. The third-order valence-electron chi connectivity index (χ3n) is 5.40. The smallest absolute Gasteiger partial charge is 0.193 e. The molecule has 0 aliphatic carbocycles. The topological polar surface area (TPSA) is 34.1 Å². The molecule has 0 saturated carbocycles. The first-order valence-corrected chi connectivity index (χ1v) is 10.5. The van der Waals surface area contributed by atoms with Crippen LogP contribution in [-0.2, 0) is 6.54 Å². The molecule has 0 bridgehead atoms. The number of guanidine groups is 1. The molecule has 1 aromatic rings. The second kappa shape index (κ2) is 11.3. The molecule has 27 heavy (non-hydrogen) atoms. The molecule has 1 atom stereocenters. The van der Waals surface area contributed by atoms with E-state index in [4.69, 9.17) is 4.99 Å². The van der Waals surface area contributed by atoms with Gasteiger partial charge in [-0.05, 0) is 37.4 Å². The molecule has 1 unspecified atom stereocenters. The molecule has 1 aliphatic rings. The fraction of sp³-hybridized carbons (Fsp3) is 0.682. The van der Waals surface area contributed by atoms with Crippen molar-refractivity contribution in [1.82, 2.24) is 20.0 Å². The van der Waals surface area contributed by atoms with Crippen LogP contribution in [0.1, 0.15) is 31.9 Å². The highest BCUT2D eigenvalue weighted by atomic mass is 15.3. The van der Waals surface area contributed by atoms with E-state index >= 15 is 0 Å². The average molecular weight is 374 g/mol. The van der Waals surface area contributed by atoms with E-state index in [2.05, 4.69) is 79.0 Å². The molecule has 5 heteroatoms. The van der Waals surface area contributed by atoms with Gasteiger partial charge in [-0.3, -0.25) is 4.99 Å². The molecule has 1 N–H and O–H groups in total. The Hall–Kier alpha value is -1.59. The highest BCUT2D eigenvalue weighted by molar-refractivity contribution is 5.79. The van der Waals surface area contributed by atoms with Crippen molar-refractivity contribution in [1.29, 1.82) is 0 Å². The molecule has 1 aromatic carbocycles. The Balaban J connectivity index is 1.87. The Morgan fingerprint density at radius 2 is 1.81 bits per heavy atom. The lowest BCUT2D eigenvalue weighted by Crippen LogP contribution is -2.47. The van der Waals surface area contributed by atoms with Crippen LogP contribution in [0.5, 0.6) is 0 Å². The molecule has 1 saturated heterocycles. The summed E-state index contributed by atoms with van der Waals surface area (Å²) in [6.45, 7) is 18.6. The summed E-state index contributed by atoms with van der Waals surface area (Å²) in [5.41, 5.74) is 2.69. The lowest BCUT2D eigenvalue weighted by molar-refractivity contribution is 0.125. The first-order chi connectivity index (χ1) is 13.0. The zero-order valence-electron chi connectivity index (χ0n) is 18.0. The number of hydrogen-bond acceptors (Lipinski definition) is 3. The van der Waals surface area contributed by atoms with Crippen molar-refractivity contribution in [3.05, 3.63) is 35.4 Å². The van der Waals surface area contributed by atoms with Crippen molar-refractivity contribution >= 4 is 5.96 Å². The van der Waals surface area contributed by atoms with Crippen LogP contribution < -0.4 is 5.32 Å². The Morgan fingerprint density at radius 3 is 2.44 bits per heavy atom. The van der Waals surface area contributed by atoms with E-state index < -0.39 is 0 Å². The van der Waals surface area contributed by atoms with Gasteiger partial charge < -0.3 is 20.0 Å². The highest BCUT2D eigenvalue weighted by Gasteiger charge is 2.17. The second-order valence-corrected chi connectivity index (χ2v) is 7.82. The molecule has 2 rings (SSSR count). The van der Waals surface area contributed by atoms with Crippen LogP contribution >= 0.6 is 0 Å². The van der Waals surface area contributed by atoms with Gasteiger partial charge in [0.05, 0.1) is 0 Å². The van der Waals surface area contributed by atoms with Gasteiger partial charge in [0.15, 0.2) is 5.96 Å². The van der Waals surface area contributed by atoms with Gasteiger partial charge in [-0.2, -0.15) is 0 Å². The van der Waals surface area contributed by atoms with Gasteiger partial charge >= 0.3 is 0 Å². The van der Waals surface area contributed by atoms with E-state index in [1.165, 1.54) is 43.9 Å². The molecule has 1 heterocycles. The standard InChI is InChI=1S/C22H39N5/c1-6-23-22(25(5)18-21-11-9-8-10-20(21)4)24-16-19(3)17-27-14-12-26(7-2)13-15-27/h8-11,19H,6-7,12-18H2,1-5H3,(H,23,24). The van der Waals surface area contributed by atoms with Crippen LogP contribution in [0, 0.1) is 12.8 Å². The minimum absolute atomic E-state index is 0.568. The summed E-state index contributed by atoms with van der Waals surface area (Å²) >= 11 is 0. The van der Waals surface area contributed by atoms with Crippen molar-refractivity contribution < 1.29 is 0 Å². The molecule has 1 fully saturated rings. The van der Waals surface area contributed by atoms with Crippen LogP contribution in [0.3, 0.4) is 0 Å². The first-order valence-electron chi connectivity index (χ1n) is 10.5. The number of piperazine rings is 1. The number of aliphatic imine (C=N–C) groups is 1. The first kappa shape index (κ1) is 21.7. The van der Waals surface area contributed by atoms with E-state index in [1.807, 2.05) is 0 Å². The van der Waals surface area contributed by atoms with Gasteiger partial charge in [0.2, 0.25) is 0 Å². The number of aryl methyl sites for hydroxylation is 1. The van der Waals surface area contributed by atoms with Crippen LogP contribution in [0.2, 0.25) is 0 Å². The fourth-order valence-corrected chi connectivity index (χ4v) is 3.62. The molecule has 0 amide bonds. The van der Waals surface area contributed by atoms with E-state index in [9.17, 15) is 0 Å². The Morgan fingerprint density at radius 1 is 1.15 bits per heavy atom. The molecule has 5 nitrogen and oxygen atoms in total. The predicted octanol–water partition coefficient (Wildman–Crippen LogP) is 2.67. The summed E-state index contributed by atoms with van der Waals surface area (Å²) in [5.74, 6) is 1.57. The molecule has 1 aliphatic heterocycles. The van der Waals surface area contributed by atoms with Crippen molar-refractivity contribution in [3.8, 4) is 0 Å². The quantitative estimate of drug-likeness (QED) is 0.561. The van der Waals surface area contributed by atoms with Crippen molar-refractivity contribution in [2.75, 3.05) is 59.4 Å². The second-order valence-electron chi connectivity index (χ2n) is 7.82. The zero-order chi connectivity index (χ0) is 19.6. The molecule has 152 valence electrons. The van der Waals surface area contributed by atoms with Gasteiger partial charge in [0, 0.05) is 59.4 Å². The number of rotatable bonds is 8. The number of benzene rings is 1. The largest absolute Gasteiger partial charge is 0.357 e. The predicted molar refractivity (Wildman–Crippen MR) is 116 cm³/mol. The van der Waals surface area contributed by atoms with E-state index in [1.54, 1.807) is 0 Å². The normalized spacial score (nSPS) is 17.7. The van der Waals surface area contributed by atoms with E-state index in [0.717, 1.165) is 32.1 Å². The summed E-state index contributed by atoms with van der Waals surface area (Å²) in [5, 5.41) is 3.45. The van der Waals surface area contributed by atoms with Crippen LogP contribution in [-0.4, -0.2) is 80.1 Å². The number of nitrogens with zero attached hydrogens (tertiary/aromatic N) is 4. The van der Waals surface area contributed by atoms with Gasteiger partial charge in [-0.1, -0.05) is 38.1 Å². The zero-order valence-corrected chi connectivity index (χ0v) is 18.0. The summed E-state index contributed by atoms with van der Waals surface area (Å²) in [4.78, 5) is 12.3. The highest BCUT2D eigenvalue weighted by Crippen LogP contribution is 2.10. The monoisotopic (exact) mass is 373 g/mol. The molecule has 0 aromatic heterocycles. The third kappa shape index (κ3) is 7.15. The van der Waals surface area contributed by atoms with Gasteiger partial charge in [-0.15, -0.1) is 0 Å². The average Bonchev–Trinajstić information content (AvgIpc) is 2.67. The van der Waals surface area contributed by atoms with Gasteiger partial charge in [-0.25, -0.2) is 0 Å². The maximum absolute atomic E-state index is 4.93. The van der Waals surface area contributed by atoms with Crippen molar-refractivity contribution in [3.63, 3.8) is 0 Å². The lowest BCUT2D eigenvalue weighted by atomic mass is 10.1.